The maximum absolute atomic E-state index is 12.8. The lowest BCUT2D eigenvalue weighted by molar-refractivity contribution is 0.102. The molecule has 0 fully saturated rings. The first-order valence-electron chi connectivity index (χ1n) is 4.71. The van der Waals surface area contributed by atoms with Crippen LogP contribution in [0.2, 0.25) is 0 Å². The highest BCUT2D eigenvalue weighted by Crippen LogP contribution is 2.14. The van der Waals surface area contributed by atoms with Crippen LogP contribution in [0.5, 0.6) is 0 Å². The summed E-state index contributed by atoms with van der Waals surface area (Å²) < 4.78 is 13.2. The zero-order valence-corrected chi connectivity index (χ0v) is 10.1. The van der Waals surface area contributed by atoms with Crippen LogP contribution in [0.25, 0.3) is 0 Å². The second-order valence-electron chi connectivity index (χ2n) is 3.14. The molecule has 0 radical (unpaired) electrons. The Hall–Kier alpha value is -1.82. The molecule has 0 aliphatic heterocycles. The highest BCUT2D eigenvalue weighted by atomic mass is 79.9. The second kappa shape index (κ2) is 5.01. The quantitative estimate of drug-likeness (QED) is 0.867. The van der Waals surface area contributed by atoms with Gasteiger partial charge in [-0.2, -0.15) is 4.39 Å². The van der Waals surface area contributed by atoms with E-state index >= 15 is 0 Å². The maximum Gasteiger partial charge on any atom is 0.259 e. The third-order valence-corrected chi connectivity index (χ3v) is 2.59. The van der Waals surface area contributed by atoms with Crippen LogP contribution in [0.1, 0.15) is 10.4 Å². The van der Waals surface area contributed by atoms with Crippen LogP contribution in [0, 0.1) is 5.95 Å². The van der Waals surface area contributed by atoms with E-state index in [1.807, 2.05) is 0 Å². The summed E-state index contributed by atoms with van der Waals surface area (Å²) in [5, 5.41) is 2.48. The predicted molar refractivity (Wildman–Crippen MR) is 64.1 cm³/mol. The third-order valence-electron chi connectivity index (χ3n) is 1.96. The van der Waals surface area contributed by atoms with Gasteiger partial charge < -0.3 is 5.32 Å². The van der Waals surface area contributed by atoms with Gasteiger partial charge >= 0.3 is 0 Å². The molecule has 0 aromatic carbocycles. The standard InChI is InChI=1S/C11H7BrFN3O/c12-10-7(3-2-6-14-10)11(17)16-9-5-1-4-8(13)15-9/h1-6H,(H,15,16,17). The zero-order chi connectivity index (χ0) is 12.3. The minimum Gasteiger partial charge on any atom is -0.306 e. The SMILES string of the molecule is O=C(Nc1cccc(F)n1)c1cccnc1Br. The number of nitrogens with zero attached hydrogens (tertiary/aromatic N) is 2. The number of halogens is 2. The van der Waals surface area contributed by atoms with Crippen LogP contribution >= 0.6 is 15.9 Å². The number of aromatic nitrogens is 2. The number of carbonyl (C=O) groups is 1. The Morgan fingerprint density at radius 3 is 2.82 bits per heavy atom. The minimum absolute atomic E-state index is 0.158. The lowest BCUT2D eigenvalue weighted by atomic mass is 10.2. The monoisotopic (exact) mass is 295 g/mol. The van der Waals surface area contributed by atoms with Crippen molar-refractivity contribution in [1.82, 2.24) is 9.97 Å². The Morgan fingerprint density at radius 1 is 1.29 bits per heavy atom. The molecule has 4 nitrogen and oxygen atoms in total. The highest BCUT2D eigenvalue weighted by Gasteiger charge is 2.11. The number of hydrogen-bond acceptors (Lipinski definition) is 3. The van der Waals surface area contributed by atoms with E-state index in [0.29, 0.717) is 10.2 Å². The van der Waals surface area contributed by atoms with Crippen molar-refractivity contribution in [3.63, 3.8) is 0 Å². The van der Waals surface area contributed by atoms with Gasteiger partial charge in [0, 0.05) is 6.20 Å². The van der Waals surface area contributed by atoms with Gasteiger partial charge in [0.15, 0.2) is 0 Å². The molecule has 0 saturated heterocycles. The molecule has 1 N–H and O–H groups in total. The number of anilines is 1. The van der Waals surface area contributed by atoms with Gasteiger partial charge in [-0.3, -0.25) is 4.79 Å². The predicted octanol–water partition coefficient (Wildman–Crippen LogP) is 2.63. The van der Waals surface area contributed by atoms with Crippen molar-refractivity contribution >= 4 is 27.7 Å². The smallest absolute Gasteiger partial charge is 0.259 e. The summed E-state index contributed by atoms with van der Waals surface area (Å²) in [5.41, 5.74) is 0.360. The summed E-state index contributed by atoms with van der Waals surface area (Å²) in [5.74, 6) is -0.887. The van der Waals surface area contributed by atoms with Crippen molar-refractivity contribution in [2.45, 2.75) is 0 Å². The molecule has 2 heterocycles. The molecule has 2 aromatic rings. The van der Waals surface area contributed by atoms with Crippen molar-refractivity contribution < 1.29 is 9.18 Å². The van der Waals surface area contributed by atoms with Crippen molar-refractivity contribution in [1.29, 1.82) is 0 Å². The van der Waals surface area contributed by atoms with Crippen LogP contribution in [0.4, 0.5) is 10.2 Å². The molecule has 0 aliphatic carbocycles. The molecular weight excluding hydrogens is 289 g/mol. The number of pyridine rings is 2. The highest BCUT2D eigenvalue weighted by molar-refractivity contribution is 9.10. The lowest BCUT2D eigenvalue weighted by Gasteiger charge is -2.05. The molecule has 1 amide bonds. The topological polar surface area (TPSA) is 54.9 Å². The molecule has 17 heavy (non-hydrogen) atoms. The average Bonchev–Trinajstić information content (AvgIpc) is 2.29. The average molecular weight is 296 g/mol. The first-order chi connectivity index (χ1) is 8.16. The molecule has 0 bridgehead atoms. The number of nitrogens with one attached hydrogen (secondary N) is 1. The van der Waals surface area contributed by atoms with Gasteiger partial charge in [0.1, 0.15) is 10.4 Å². The van der Waals surface area contributed by atoms with Gasteiger partial charge in [0.2, 0.25) is 5.95 Å². The number of rotatable bonds is 2. The molecule has 6 heteroatoms. The van der Waals surface area contributed by atoms with Crippen molar-refractivity contribution in [3.05, 3.63) is 52.6 Å². The number of amides is 1. The van der Waals surface area contributed by atoms with E-state index in [2.05, 4.69) is 31.2 Å². The van der Waals surface area contributed by atoms with Crippen LogP contribution in [0.15, 0.2) is 41.1 Å². The van der Waals surface area contributed by atoms with Gasteiger partial charge in [-0.05, 0) is 40.2 Å². The molecule has 0 aliphatic rings. The molecule has 0 atom stereocenters. The molecule has 2 rings (SSSR count). The fourth-order valence-corrected chi connectivity index (χ4v) is 1.65. The first kappa shape index (κ1) is 11.7. The molecule has 0 spiro atoms. The van der Waals surface area contributed by atoms with Crippen molar-refractivity contribution in [2.24, 2.45) is 0 Å². The van der Waals surface area contributed by atoms with E-state index in [0.717, 1.165) is 0 Å². The second-order valence-corrected chi connectivity index (χ2v) is 3.89. The van der Waals surface area contributed by atoms with Crippen molar-refractivity contribution in [2.75, 3.05) is 5.32 Å². The normalized spacial score (nSPS) is 10.0. The Bertz CT molecular complexity index is 562. The molecule has 0 unspecified atom stereocenters. The van der Waals surface area contributed by atoms with Crippen LogP contribution < -0.4 is 5.32 Å². The molecule has 86 valence electrons. The minimum atomic E-state index is -0.645. The van der Waals surface area contributed by atoms with E-state index < -0.39 is 11.9 Å². The number of carbonyl (C=O) groups excluding carboxylic acids is 1. The summed E-state index contributed by atoms with van der Waals surface area (Å²) >= 11 is 3.16. The first-order valence-corrected chi connectivity index (χ1v) is 5.50. The van der Waals surface area contributed by atoms with Crippen LogP contribution in [0.3, 0.4) is 0 Å². The Labute approximate surface area is 105 Å². The third kappa shape index (κ3) is 2.85. The summed E-state index contributed by atoms with van der Waals surface area (Å²) in [7, 11) is 0. The Morgan fingerprint density at radius 2 is 2.12 bits per heavy atom. The Kier molecular flexibility index (Phi) is 3.43. The largest absolute Gasteiger partial charge is 0.306 e. The van der Waals surface area contributed by atoms with Gasteiger partial charge in [0.25, 0.3) is 5.91 Å². The van der Waals surface area contributed by atoms with E-state index in [4.69, 9.17) is 0 Å². The van der Waals surface area contributed by atoms with E-state index in [1.165, 1.54) is 18.2 Å². The summed E-state index contributed by atoms with van der Waals surface area (Å²) in [6.45, 7) is 0. The van der Waals surface area contributed by atoms with Gasteiger partial charge in [-0.25, -0.2) is 9.97 Å². The lowest BCUT2D eigenvalue weighted by Crippen LogP contribution is -2.14. The van der Waals surface area contributed by atoms with Gasteiger partial charge in [-0.1, -0.05) is 6.07 Å². The fraction of sp³-hybridized carbons (Fsp3) is 0. The van der Waals surface area contributed by atoms with Crippen molar-refractivity contribution in [3.8, 4) is 0 Å². The summed E-state index contributed by atoms with van der Waals surface area (Å²) in [4.78, 5) is 19.3. The molecular formula is C11H7BrFN3O. The summed E-state index contributed by atoms with van der Waals surface area (Å²) in [6, 6.07) is 7.42. The van der Waals surface area contributed by atoms with E-state index in [9.17, 15) is 9.18 Å². The van der Waals surface area contributed by atoms with Crippen LogP contribution in [-0.4, -0.2) is 15.9 Å². The van der Waals surface area contributed by atoms with Crippen LogP contribution in [-0.2, 0) is 0 Å². The van der Waals surface area contributed by atoms with E-state index in [1.54, 1.807) is 18.3 Å². The van der Waals surface area contributed by atoms with E-state index in [-0.39, 0.29) is 5.82 Å². The fourth-order valence-electron chi connectivity index (χ4n) is 1.22. The Balaban J connectivity index is 2.20. The van der Waals surface area contributed by atoms with Gasteiger partial charge in [0.05, 0.1) is 5.56 Å². The zero-order valence-electron chi connectivity index (χ0n) is 8.52. The maximum atomic E-state index is 12.8. The molecule has 0 saturated carbocycles. The summed E-state index contributed by atoms with van der Waals surface area (Å²) in [6.07, 6.45) is 1.56. The molecule has 2 aromatic heterocycles. The number of hydrogen-bond donors (Lipinski definition) is 1. The van der Waals surface area contributed by atoms with Gasteiger partial charge in [-0.15, -0.1) is 0 Å².